The Morgan fingerprint density at radius 3 is 1.06 bits per heavy atom. The Kier molecular flexibility index (Phi) is 56.4. The quantitative estimate of drug-likeness (QED) is 0.0199. The van der Waals surface area contributed by atoms with Crippen LogP contribution in [-0.4, -0.2) is 193 Å². The van der Waals surface area contributed by atoms with Gasteiger partial charge in [0, 0.05) is 6.42 Å². The fourth-order valence-corrected chi connectivity index (χ4v) is 12.7. The molecule has 0 aromatic heterocycles. The van der Waals surface area contributed by atoms with E-state index in [2.05, 4.69) is 129 Å². The van der Waals surface area contributed by atoms with Crippen molar-refractivity contribution in [2.24, 2.45) is 0 Å². The molecule has 3 rings (SSSR count). The smallest absolute Gasteiger partial charge is 0.220 e. The van der Waals surface area contributed by atoms with Gasteiger partial charge >= 0.3 is 0 Å². The van der Waals surface area contributed by atoms with Gasteiger partial charge in [0.2, 0.25) is 5.91 Å². The molecule has 0 aromatic rings. The summed E-state index contributed by atoms with van der Waals surface area (Å²) in [6.45, 7) is 1.61. The molecule has 0 aromatic carbocycles. The number of rotatable bonds is 61. The highest BCUT2D eigenvalue weighted by Gasteiger charge is 2.53. The first-order valence-electron chi connectivity index (χ1n) is 39.8. The van der Waals surface area contributed by atoms with E-state index in [1.807, 2.05) is 6.08 Å². The van der Waals surface area contributed by atoms with Crippen LogP contribution < -0.4 is 5.32 Å². The molecule has 0 radical (unpaired) electrons. The molecule has 0 spiro atoms. The summed E-state index contributed by atoms with van der Waals surface area (Å²) in [6.07, 6.45) is 60.3. The summed E-state index contributed by atoms with van der Waals surface area (Å²) in [4.78, 5) is 13.5. The largest absolute Gasteiger partial charge is 0.394 e. The number of aliphatic hydroxyl groups is 11. The van der Waals surface area contributed by atoms with Gasteiger partial charge in [0.05, 0.1) is 38.6 Å². The van der Waals surface area contributed by atoms with E-state index in [-0.39, 0.29) is 18.9 Å². The van der Waals surface area contributed by atoms with Gasteiger partial charge in [0.15, 0.2) is 18.9 Å². The lowest BCUT2D eigenvalue weighted by atomic mass is 9.96. The summed E-state index contributed by atoms with van der Waals surface area (Å²) in [5, 5.41) is 121. The molecule has 3 fully saturated rings. The van der Waals surface area contributed by atoms with Crippen LogP contribution in [0.3, 0.4) is 0 Å². The van der Waals surface area contributed by atoms with Gasteiger partial charge in [0.25, 0.3) is 0 Å². The van der Waals surface area contributed by atoms with Gasteiger partial charge in [-0.3, -0.25) is 4.79 Å². The molecule has 3 aliphatic rings. The first-order chi connectivity index (χ1) is 49.8. The Balaban J connectivity index is 1.41. The molecule has 1 amide bonds. The number of hydrogen-bond donors (Lipinski definition) is 12. The van der Waals surface area contributed by atoms with Crippen LogP contribution in [0.1, 0.15) is 264 Å². The maximum absolute atomic E-state index is 13.5. The highest BCUT2D eigenvalue weighted by Crippen LogP contribution is 2.33. The first kappa shape index (κ1) is 92.4. The average Bonchev–Trinajstić information content (AvgIpc) is 0.781. The van der Waals surface area contributed by atoms with Crippen LogP contribution in [0.5, 0.6) is 0 Å². The molecular weight excluding hydrogens is 1300 g/mol. The molecule has 19 heteroatoms. The lowest BCUT2D eigenvalue weighted by Gasteiger charge is -2.48. The van der Waals surface area contributed by atoms with E-state index in [0.717, 1.165) is 103 Å². The summed E-state index contributed by atoms with van der Waals surface area (Å²) in [5.41, 5.74) is 0. The third-order valence-electron chi connectivity index (χ3n) is 19.0. The zero-order valence-corrected chi connectivity index (χ0v) is 62.5. The molecule has 17 atom stereocenters. The van der Waals surface area contributed by atoms with E-state index in [0.29, 0.717) is 6.42 Å². The number of ether oxygens (including phenoxy) is 6. The molecule has 586 valence electrons. The Morgan fingerprint density at radius 1 is 0.363 bits per heavy atom. The Bertz CT molecular complexity index is 2320. The maximum Gasteiger partial charge on any atom is 0.220 e. The number of allylic oxidation sites excluding steroid dienone is 19. The lowest BCUT2D eigenvalue weighted by Crippen LogP contribution is -2.66. The molecule has 0 aliphatic carbocycles. The minimum atomic E-state index is -1.99. The van der Waals surface area contributed by atoms with E-state index >= 15 is 0 Å². The van der Waals surface area contributed by atoms with Crippen molar-refractivity contribution in [3.05, 3.63) is 122 Å². The van der Waals surface area contributed by atoms with E-state index in [4.69, 9.17) is 28.4 Å². The molecule has 0 saturated carbocycles. The van der Waals surface area contributed by atoms with E-state index in [9.17, 15) is 61.0 Å². The lowest BCUT2D eigenvalue weighted by molar-refractivity contribution is -0.379. The minimum Gasteiger partial charge on any atom is -0.394 e. The molecule has 102 heavy (non-hydrogen) atoms. The van der Waals surface area contributed by atoms with Gasteiger partial charge < -0.3 is 89.9 Å². The average molecular weight is 1440 g/mol. The third-order valence-corrected chi connectivity index (χ3v) is 19.0. The number of nitrogens with one attached hydrogen (secondary N) is 1. The molecule has 19 nitrogen and oxygen atoms in total. The predicted octanol–water partition coefficient (Wildman–Crippen LogP) is 13.1. The summed E-state index contributed by atoms with van der Waals surface area (Å²) >= 11 is 0. The molecule has 12 N–H and O–H groups in total. The highest BCUT2D eigenvalue weighted by atomic mass is 16.8. The first-order valence-corrected chi connectivity index (χ1v) is 39.8. The van der Waals surface area contributed by atoms with E-state index < -0.39 is 124 Å². The van der Waals surface area contributed by atoms with Crippen LogP contribution in [0.2, 0.25) is 0 Å². The third kappa shape index (κ3) is 41.9. The fraction of sp³-hybridized carbons (Fsp3) is 0.747. The van der Waals surface area contributed by atoms with Gasteiger partial charge in [-0.2, -0.15) is 0 Å². The standard InChI is InChI=1S/C83H141NO18/c1-3-5-7-9-11-13-15-17-19-21-23-25-27-29-31-32-33-34-35-37-39-41-43-45-47-49-51-53-55-57-59-61-71(89)84-66(67(88)60-58-56-54-52-50-48-46-44-42-40-38-36-30-28-26-24-22-20-18-16-14-12-10-8-6-4-2)65-97-81-77(95)74(92)79(69(63-86)99-81)102-83-78(96)75(93)80(70(64-87)100-83)101-82-76(94)73(91)72(90)68(62-85)98-82/h5,7,11,13,17,19,23,25,29,31,33-34,37,39,43,45,49,51,58,60,66-70,72-83,85-88,90-96H,3-4,6,8-10,12,14-16,18,20-22,24,26-28,30,32,35-36,38,40-42,44,46-48,50,52-57,59,61-65H2,1-2H3,(H,84,89)/b7-5-,13-11-,19-17-,25-23-,31-29-,34-33-,39-37-,45-43-,51-49-,60-58+. The second kappa shape index (κ2) is 62.3. The molecule has 3 aliphatic heterocycles. The number of aliphatic hydroxyl groups excluding tert-OH is 11. The van der Waals surface area contributed by atoms with Crippen LogP contribution in [0, 0.1) is 0 Å². The second-order valence-corrected chi connectivity index (χ2v) is 27.8. The summed E-state index contributed by atoms with van der Waals surface area (Å²) < 4.78 is 34.4. The zero-order chi connectivity index (χ0) is 73.9. The molecule has 3 heterocycles. The fourth-order valence-electron chi connectivity index (χ4n) is 12.7. The minimum absolute atomic E-state index is 0.195. The van der Waals surface area contributed by atoms with E-state index in [1.165, 1.54) is 135 Å². The van der Waals surface area contributed by atoms with Crippen LogP contribution in [0.4, 0.5) is 0 Å². The SMILES string of the molecule is CC/C=C\C/C=C\C/C=C\C/C=C\C/C=C\C/C=C\C/C=C\C/C=C\C/C=C\CCCCCC(=O)NC(COC1OC(CO)C(OC2OC(CO)C(OC3OC(CO)C(O)C(O)C3O)C(O)C2O)C(O)C1O)C(O)/C=C/CCCCCCCCCCCCCCCCCCCCCCCCCC. The second-order valence-electron chi connectivity index (χ2n) is 27.8. The number of carbonyl (C=O) groups is 1. The van der Waals surface area contributed by atoms with Gasteiger partial charge in [-0.05, 0) is 89.9 Å². The van der Waals surface area contributed by atoms with Crippen molar-refractivity contribution >= 4 is 5.91 Å². The van der Waals surface area contributed by atoms with Crippen LogP contribution in [0.15, 0.2) is 122 Å². The van der Waals surface area contributed by atoms with Crippen LogP contribution >= 0.6 is 0 Å². The summed E-state index contributed by atoms with van der Waals surface area (Å²) in [7, 11) is 0. The van der Waals surface area contributed by atoms with Crippen LogP contribution in [-0.2, 0) is 33.2 Å². The van der Waals surface area contributed by atoms with Crippen molar-refractivity contribution in [3.8, 4) is 0 Å². The molecular formula is C83H141NO18. The maximum atomic E-state index is 13.5. The van der Waals surface area contributed by atoms with Gasteiger partial charge in [-0.1, -0.05) is 289 Å². The number of amides is 1. The normalized spacial score (nSPS) is 26.9. The van der Waals surface area contributed by atoms with Gasteiger partial charge in [0.1, 0.15) is 73.2 Å². The van der Waals surface area contributed by atoms with Crippen LogP contribution in [0.25, 0.3) is 0 Å². The number of carbonyl (C=O) groups excluding carboxylic acids is 1. The van der Waals surface area contributed by atoms with Gasteiger partial charge in [-0.15, -0.1) is 0 Å². The summed E-state index contributed by atoms with van der Waals surface area (Å²) in [6, 6.07) is -1.00. The van der Waals surface area contributed by atoms with Gasteiger partial charge in [-0.25, -0.2) is 0 Å². The molecule has 17 unspecified atom stereocenters. The monoisotopic (exact) mass is 1440 g/mol. The van der Waals surface area contributed by atoms with Crippen molar-refractivity contribution in [1.29, 1.82) is 0 Å². The highest BCUT2D eigenvalue weighted by molar-refractivity contribution is 5.76. The Hall–Kier alpha value is -3.81. The van der Waals surface area contributed by atoms with E-state index in [1.54, 1.807) is 6.08 Å². The van der Waals surface area contributed by atoms with Crippen molar-refractivity contribution in [3.63, 3.8) is 0 Å². The predicted molar refractivity (Wildman–Crippen MR) is 406 cm³/mol. The molecule has 0 bridgehead atoms. The van der Waals surface area contributed by atoms with Crippen molar-refractivity contribution in [2.45, 2.75) is 369 Å². The Labute approximate surface area is 614 Å². The molecule has 3 saturated heterocycles. The Morgan fingerprint density at radius 2 is 0.676 bits per heavy atom. The number of hydrogen-bond acceptors (Lipinski definition) is 18. The zero-order valence-electron chi connectivity index (χ0n) is 62.5. The van der Waals surface area contributed by atoms with Crippen molar-refractivity contribution in [2.75, 3.05) is 26.4 Å². The topological polar surface area (TPSA) is 307 Å². The van der Waals surface area contributed by atoms with Crippen molar-refractivity contribution < 1.29 is 89.4 Å². The number of unbranched alkanes of at least 4 members (excludes halogenated alkanes) is 27. The van der Waals surface area contributed by atoms with Crippen molar-refractivity contribution in [1.82, 2.24) is 5.32 Å². The summed E-state index contributed by atoms with van der Waals surface area (Å²) in [5.74, 6) is -0.310.